The van der Waals surface area contributed by atoms with E-state index in [9.17, 15) is 8.42 Å². The first-order valence-corrected chi connectivity index (χ1v) is 8.23. The summed E-state index contributed by atoms with van der Waals surface area (Å²) in [7, 11) is -3.33. The summed E-state index contributed by atoms with van der Waals surface area (Å²) in [6.07, 6.45) is 1.08. The largest absolute Gasteiger partial charge is 0.492 e. The first-order valence-electron chi connectivity index (χ1n) is 6.58. The van der Waals surface area contributed by atoms with Gasteiger partial charge in [-0.1, -0.05) is 0 Å². The Balaban J connectivity index is 1.68. The third-order valence-corrected chi connectivity index (χ3v) is 4.61. The molecule has 0 radical (unpaired) electrons. The van der Waals surface area contributed by atoms with Crippen LogP contribution in [0, 0.1) is 5.92 Å². The van der Waals surface area contributed by atoms with Gasteiger partial charge in [0.25, 0.3) is 0 Å². The van der Waals surface area contributed by atoms with Gasteiger partial charge in [-0.2, -0.15) is 0 Å². The number of hydrogen-bond donors (Lipinski definition) is 3. The highest BCUT2D eigenvalue weighted by molar-refractivity contribution is 7.89. The summed E-state index contributed by atoms with van der Waals surface area (Å²) >= 11 is 0. The average molecular weight is 300 g/mol. The van der Waals surface area contributed by atoms with Crippen molar-refractivity contribution >= 4 is 15.7 Å². The molecule has 1 fully saturated rings. The van der Waals surface area contributed by atoms with Gasteiger partial charge in [-0.15, -0.1) is 0 Å². The molecule has 2 rings (SSSR count). The molecule has 0 unspecified atom stereocenters. The number of sulfonamides is 1. The highest BCUT2D eigenvalue weighted by Crippen LogP contribution is 2.26. The van der Waals surface area contributed by atoms with Crippen LogP contribution in [0.1, 0.15) is 12.8 Å². The monoisotopic (exact) mass is 300 g/mol. The molecule has 20 heavy (non-hydrogen) atoms. The third-order valence-electron chi connectivity index (χ3n) is 3.30. The number of aliphatic hydroxyl groups is 1. The van der Waals surface area contributed by atoms with Crippen molar-refractivity contribution in [3.8, 4) is 5.75 Å². The van der Waals surface area contributed by atoms with Crippen LogP contribution in [0.5, 0.6) is 5.75 Å². The SMILES string of the molecule is Nc1ccc(OCCS(=O)(=O)NCC2CC(O)C2)cc1. The van der Waals surface area contributed by atoms with Crippen molar-refractivity contribution in [2.45, 2.75) is 18.9 Å². The van der Waals surface area contributed by atoms with Crippen LogP contribution in [0.15, 0.2) is 24.3 Å². The van der Waals surface area contributed by atoms with Crippen molar-refractivity contribution in [2.75, 3.05) is 24.6 Å². The zero-order valence-electron chi connectivity index (χ0n) is 11.2. The van der Waals surface area contributed by atoms with Gasteiger partial charge in [0.1, 0.15) is 12.4 Å². The highest BCUT2D eigenvalue weighted by atomic mass is 32.2. The van der Waals surface area contributed by atoms with Gasteiger partial charge in [-0.05, 0) is 43.0 Å². The lowest BCUT2D eigenvalue weighted by atomic mass is 9.83. The second-order valence-electron chi connectivity index (χ2n) is 5.08. The summed E-state index contributed by atoms with van der Waals surface area (Å²) in [5.41, 5.74) is 6.18. The van der Waals surface area contributed by atoms with Gasteiger partial charge in [0, 0.05) is 12.2 Å². The molecule has 1 saturated carbocycles. The van der Waals surface area contributed by atoms with E-state index in [1.807, 2.05) is 0 Å². The fraction of sp³-hybridized carbons (Fsp3) is 0.538. The molecular weight excluding hydrogens is 280 g/mol. The number of benzene rings is 1. The van der Waals surface area contributed by atoms with Gasteiger partial charge in [0.15, 0.2) is 0 Å². The summed E-state index contributed by atoms with van der Waals surface area (Å²) in [5, 5.41) is 9.13. The minimum atomic E-state index is -3.33. The van der Waals surface area contributed by atoms with Gasteiger partial charge in [0.05, 0.1) is 11.9 Å². The van der Waals surface area contributed by atoms with Crippen LogP contribution in [0.2, 0.25) is 0 Å². The van der Waals surface area contributed by atoms with Gasteiger partial charge in [-0.25, -0.2) is 13.1 Å². The zero-order valence-corrected chi connectivity index (χ0v) is 12.0. The topological polar surface area (TPSA) is 102 Å². The van der Waals surface area contributed by atoms with Crippen molar-refractivity contribution in [2.24, 2.45) is 5.92 Å². The number of ether oxygens (including phenoxy) is 1. The molecule has 1 aliphatic carbocycles. The van der Waals surface area contributed by atoms with Crippen molar-refractivity contribution in [1.82, 2.24) is 4.72 Å². The maximum absolute atomic E-state index is 11.7. The normalized spacial score (nSPS) is 22.2. The van der Waals surface area contributed by atoms with Gasteiger partial charge in [0.2, 0.25) is 10.0 Å². The maximum Gasteiger partial charge on any atom is 0.214 e. The van der Waals surface area contributed by atoms with Crippen molar-refractivity contribution in [1.29, 1.82) is 0 Å². The second kappa shape index (κ2) is 6.43. The predicted octanol–water partition coefficient (Wildman–Crippen LogP) is 0.338. The molecule has 0 spiro atoms. The van der Waals surface area contributed by atoms with Crippen molar-refractivity contribution in [3.05, 3.63) is 24.3 Å². The quantitative estimate of drug-likeness (QED) is 0.630. The summed E-state index contributed by atoms with van der Waals surface area (Å²) in [5.74, 6) is 0.751. The van der Waals surface area contributed by atoms with E-state index in [0.717, 1.165) is 0 Å². The molecule has 0 aromatic heterocycles. The number of nitrogens with two attached hydrogens (primary N) is 1. The van der Waals surface area contributed by atoms with E-state index in [1.54, 1.807) is 24.3 Å². The van der Waals surface area contributed by atoms with E-state index in [1.165, 1.54) is 0 Å². The predicted molar refractivity (Wildman–Crippen MR) is 76.9 cm³/mol. The van der Waals surface area contributed by atoms with Gasteiger partial charge in [-0.3, -0.25) is 0 Å². The van der Waals surface area contributed by atoms with Crippen LogP contribution >= 0.6 is 0 Å². The van der Waals surface area contributed by atoms with Crippen LogP contribution < -0.4 is 15.2 Å². The highest BCUT2D eigenvalue weighted by Gasteiger charge is 2.27. The molecule has 0 aliphatic heterocycles. The van der Waals surface area contributed by atoms with Gasteiger partial charge < -0.3 is 15.6 Å². The molecule has 1 aromatic rings. The van der Waals surface area contributed by atoms with Gasteiger partial charge >= 0.3 is 0 Å². The molecular formula is C13H20N2O4S. The standard InChI is InChI=1S/C13H20N2O4S/c14-11-1-3-13(4-2-11)19-5-6-20(17,18)15-9-10-7-12(16)8-10/h1-4,10,12,15-16H,5-9,14H2. The van der Waals surface area contributed by atoms with Crippen molar-refractivity contribution < 1.29 is 18.3 Å². The maximum atomic E-state index is 11.7. The average Bonchev–Trinajstić information content (AvgIpc) is 2.36. The molecule has 0 saturated heterocycles. The first kappa shape index (κ1) is 15.1. The van der Waals surface area contributed by atoms with Crippen LogP contribution in [-0.2, 0) is 10.0 Å². The lowest BCUT2D eigenvalue weighted by Crippen LogP contribution is -2.39. The summed E-state index contributed by atoms with van der Waals surface area (Å²) in [4.78, 5) is 0. The molecule has 0 heterocycles. The first-order chi connectivity index (χ1) is 9.44. The molecule has 4 N–H and O–H groups in total. The summed E-state index contributed by atoms with van der Waals surface area (Å²) in [6.45, 7) is 0.480. The Kier molecular flexibility index (Phi) is 4.85. The Morgan fingerprint density at radius 1 is 1.30 bits per heavy atom. The lowest BCUT2D eigenvalue weighted by molar-refractivity contribution is 0.0453. The van der Waals surface area contributed by atoms with E-state index in [2.05, 4.69) is 4.72 Å². The van der Waals surface area contributed by atoms with Crippen LogP contribution in [0.3, 0.4) is 0 Å². The molecule has 0 atom stereocenters. The van der Waals surface area contributed by atoms with E-state index < -0.39 is 10.0 Å². The van der Waals surface area contributed by atoms with Crippen molar-refractivity contribution in [3.63, 3.8) is 0 Å². The molecule has 112 valence electrons. The number of hydrogen-bond acceptors (Lipinski definition) is 5. The lowest BCUT2D eigenvalue weighted by Gasteiger charge is -2.31. The second-order valence-corrected chi connectivity index (χ2v) is 7.00. The molecule has 7 heteroatoms. The molecule has 6 nitrogen and oxygen atoms in total. The van der Waals surface area contributed by atoms with Crippen LogP contribution in [0.25, 0.3) is 0 Å². The van der Waals surface area contributed by atoms with Crippen LogP contribution in [0.4, 0.5) is 5.69 Å². The Morgan fingerprint density at radius 2 is 1.95 bits per heavy atom. The molecule has 0 amide bonds. The smallest absolute Gasteiger partial charge is 0.214 e. The summed E-state index contributed by atoms with van der Waals surface area (Å²) in [6, 6.07) is 6.80. The molecule has 1 aliphatic rings. The fourth-order valence-corrected chi connectivity index (χ4v) is 2.95. The van der Waals surface area contributed by atoms with E-state index in [4.69, 9.17) is 15.6 Å². The Labute approximate surface area is 119 Å². The molecule has 1 aromatic carbocycles. The minimum Gasteiger partial charge on any atom is -0.492 e. The fourth-order valence-electron chi connectivity index (χ4n) is 2.02. The Morgan fingerprint density at radius 3 is 2.55 bits per heavy atom. The van der Waals surface area contributed by atoms with E-state index in [-0.39, 0.29) is 24.4 Å². The zero-order chi connectivity index (χ0) is 14.6. The van der Waals surface area contributed by atoms with E-state index in [0.29, 0.717) is 30.8 Å². The number of rotatable bonds is 7. The number of anilines is 1. The summed E-state index contributed by atoms with van der Waals surface area (Å²) < 4.78 is 31.3. The van der Waals surface area contributed by atoms with E-state index >= 15 is 0 Å². The number of nitrogen functional groups attached to an aromatic ring is 1. The number of aliphatic hydroxyl groups excluding tert-OH is 1. The minimum absolute atomic E-state index is 0.0898. The Hall–Kier alpha value is -1.31. The Bertz CT molecular complexity index is 524. The van der Waals surface area contributed by atoms with Crippen LogP contribution in [-0.4, -0.2) is 38.5 Å². The molecule has 0 bridgehead atoms. The number of nitrogens with one attached hydrogen (secondary N) is 1. The third kappa shape index (κ3) is 4.66.